The third kappa shape index (κ3) is 31.8. The van der Waals surface area contributed by atoms with E-state index in [2.05, 4.69) is 0 Å². The molecule has 0 saturated carbocycles. The van der Waals surface area contributed by atoms with Crippen LogP contribution >= 0.6 is 0 Å². The molecule has 6 nitrogen and oxygen atoms in total. The second-order valence-electron chi connectivity index (χ2n) is 4.42. The normalized spacial score (nSPS) is 8.68. The molecule has 0 aliphatic rings. The fraction of sp³-hybridized carbons (Fsp3) is 0.750. The van der Waals surface area contributed by atoms with E-state index < -0.39 is 17.9 Å². The Morgan fingerprint density at radius 1 is 0.579 bits per heavy atom. The zero-order valence-corrected chi connectivity index (χ0v) is 15.9. The van der Waals surface area contributed by atoms with Gasteiger partial charge in [-0.25, -0.2) is 0 Å². The molecule has 0 aromatic carbocycles. The largest absolute Gasteiger partial charge is 3.00 e. The molecule has 0 aliphatic heterocycles. The molecule has 0 radical (unpaired) electrons. The molecule has 0 aromatic heterocycles. The summed E-state index contributed by atoms with van der Waals surface area (Å²) >= 11 is 0. The molecule has 0 saturated heterocycles. The van der Waals surface area contributed by atoms with Gasteiger partial charge in [0, 0.05) is 17.9 Å². The van der Waals surface area contributed by atoms with Crippen LogP contribution < -0.4 is 15.3 Å². The summed E-state index contributed by atoms with van der Waals surface area (Å²) in [5, 5.41) is 28.8. The third-order valence-electron chi connectivity index (χ3n) is 1.41. The Balaban J connectivity index is -0.0000000865. The molecular formula is C12H21LaO6. The van der Waals surface area contributed by atoms with Crippen molar-refractivity contribution >= 4 is 17.9 Å². The van der Waals surface area contributed by atoms with Gasteiger partial charge in [-0.05, 0) is 17.8 Å². The first kappa shape index (κ1) is 27.0. The van der Waals surface area contributed by atoms with Gasteiger partial charge in [-0.15, -0.1) is 0 Å². The Bertz CT molecular complexity index is 218. The quantitative estimate of drug-likeness (QED) is 0.550. The van der Waals surface area contributed by atoms with Crippen molar-refractivity contribution in [1.29, 1.82) is 0 Å². The molecule has 0 heterocycles. The monoisotopic (exact) mass is 400 g/mol. The zero-order valence-electron chi connectivity index (χ0n) is 12.3. The number of hydrogen-bond acceptors (Lipinski definition) is 6. The van der Waals surface area contributed by atoms with Crippen molar-refractivity contribution in [3.63, 3.8) is 0 Å². The first-order valence-electron chi connectivity index (χ1n) is 5.55. The second kappa shape index (κ2) is 15.7. The molecule has 0 spiro atoms. The number of carbonyl (C=O) groups excluding carboxylic acids is 3. The van der Waals surface area contributed by atoms with E-state index in [1.165, 1.54) is 0 Å². The Labute approximate surface area is 142 Å². The van der Waals surface area contributed by atoms with Crippen LogP contribution in [0.3, 0.4) is 0 Å². The molecule has 108 valence electrons. The summed E-state index contributed by atoms with van der Waals surface area (Å²) in [6.07, 6.45) is 0. The molecule has 0 aromatic rings. The fourth-order valence-corrected chi connectivity index (χ4v) is 0. The average molecular weight is 400 g/mol. The van der Waals surface area contributed by atoms with Crippen molar-refractivity contribution in [2.45, 2.75) is 41.5 Å². The molecular weight excluding hydrogens is 379 g/mol. The van der Waals surface area contributed by atoms with Gasteiger partial charge in [-0.1, -0.05) is 41.5 Å². The third-order valence-corrected chi connectivity index (χ3v) is 1.41. The molecule has 0 aliphatic carbocycles. The van der Waals surface area contributed by atoms with Gasteiger partial charge in [0.25, 0.3) is 0 Å². The molecule has 19 heavy (non-hydrogen) atoms. The van der Waals surface area contributed by atoms with Gasteiger partial charge in [0.15, 0.2) is 0 Å². The number of carbonyl (C=O) groups is 3. The van der Waals surface area contributed by atoms with E-state index in [-0.39, 0.29) is 53.4 Å². The topological polar surface area (TPSA) is 120 Å². The van der Waals surface area contributed by atoms with Gasteiger partial charge in [0.05, 0.1) is 0 Å². The number of carboxylic acid groups (broad SMARTS) is 3. The minimum Gasteiger partial charge on any atom is -0.550 e. The summed E-state index contributed by atoms with van der Waals surface area (Å²) in [7, 11) is 0. The van der Waals surface area contributed by atoms with Crippen LogP contribution in [0.5, 0.6) is 0 Å². The Morgan fingerprint density at radius 2 is 0.632 bits per heavy atom. The summed E-state index contributed by atoms with van der Waals surface area (Å²) in [5.74, 6) is -4.00. The van der Waals surface area contributed by atoms with Crippen molar-refractivity contribution < 1.29 is 65.3 Å². The molecule has 0 fully saturated rings. The SMILES string of the molecule is CC(C)C(=O)[O-].CC(C)C(=O)[O-].CC(C)C(=O)[O-].[La+3]. The van der Waals surface area contributed by atoms with Crippen LogP contribution in [-0.4, -0.2) is 17.9 Å². The van der Waals surface area contributed by atoms with Crippen LogP contribution in [0.25, 0.3) is 0 Å². The maximum atomic E-state index is 9.59. The summed E-state index contributed by atoms with van der Waals surface area (Å²) in [4.78, 5) is 28.8. The van der Waals surface area contributed by atoms with Crippen LogP contribution in [-0.2, 0) is 14.4 Å². The second-order valence-corrected chi connectivity index (χ2v) is 4.42. The minimum atomic E-state index is -0.991. The predicted octanol–water partition coefficient (Wildman–Crippen LogP) is -1.82. The van der Waals surface area contributed by atoms with E-state index in [9.17, 15) is 29.7 Å². The molecule has 0 rings (SSSR count). The molecule has 7 heteroatoms. The zero-order chi connectivity index (χ0) is 15.5. The summed E-state index contributed by atoms with van der Waals surface area (Å²) in [5.41, 5.74) is 0. The molecule has 0 N–H and O–H groups in total. The van der Waals surface area contributed by atoms with E-state index in [0.29, 0.717) is 0 Å². The van der Waals surface area contributed by atoms with E-state index in [4.69, 9.17) is 0 Å². The van der Waals surface area contributed by atoms with Gasteiger partial charge in [-0.2, -0.15) is 0 Å². The molecule has 0 atom stereocenters. The fourth-order valence-electron chi connectivity index (χ4n) is 0. The maximum absolute atomic E-state index is 9.59. The van der Waals surface area contributed by atoms with E-state index in [1.807, 2.05) is 0 Å². The van der Waals surface area contributed by atoms with Crippen LogP contribution in [0, 0.1) is 53.4 Å². The summed E-state index contributed by atoms with van der Waals surface area (Å²) < 4.78 is 0. The van der Waals surface area contributed by atoms with Gasteiger partial charge in [0.2, 0.25) is 0 Å². The number of rotatable bonds is 3. The van der Waals surface area contributed by atoms with Crippen LogP contribution in [0.1, 0.15) is 41.5 Å². The Hall–Kier alpha value is -0.395. The van der Waals surface area contributed by atoms with Crippen LogP contribution in [0.15, 0.2) is 0 Å². The van der Waals surface area contributed by atoms with Crippen molar-refractivity contribution in [3.8, 4) is 0 Å². The smallest absolute Gasteiger partial charge is 0.550 e. The Kier molecular flexibility index (Phi) is 22.3. The van der Waals surface area contributed by atoms with Gasteiger partial charge >= 0.3 is 35.6 Å². The molecule has 0 amide bonds. The maximum Gasteiger partial charge on any atom is 3.00 e. The van der Waals surface area contributed by atoms with E-state index in [0.717, 1.165) is 0 Å². The summed E-state index contributed by atoms with van der Waals surface area (Å²) in [6, 6.07) is 0. The van der Waals surface area contributed by atoms with Crippen LogP contribution in [0.4, 0.5) is 0 Å². The Morgan fingerprint density at radius 3 is 0.632 bits per heavy atom. The van der Waals surface area contributed by atoms with Crippen molar-refractivity contribution in [2.24, 2.45) is 17.8 Å². The number of hydrogen-bond donors (Lipinski definition) is 0. The molecule has 0 unspecified atom stereocenters. The predicted molar refractivity (Wildman–Crippen MR) is 59.5 cm³/mol. The van der Waals surface area contributed by atoms with Crippen molar-refractivity contribution in [2.75, 3.05) is 0 Å². The van der Waals surface area contributed by atoms with E-state index >= 15 is 0 Å². The first-order valence-corrected chi connectivity index (χ1v) is 5.55. The number of aliphatic carboxylic acids is 3. The standard InChI is InChI=1S/3C4H8O2.La/c3*1-3(2)4(5)6;/h3*3H,1-2H3,(H,5,6);/q;;;+3/p-3. The van der Waals surface area contributed by atoms with Gasteiger partial charge in [-0.3, -0.25) is 0 Å². The van der Waals surface area contributed by atoms with Gasteiger partial charge in [0.1, 0.15) is 0 Å². The first-order chi connectivity index (χ1) is 7.93. The van der Waals surface area contributed by atoms with E-state index in [1.54, 1.807) is 41.5 Å². The number of carboxylic acids is 3. The molecule has 0 bridgehead atoms. The summed E-state index contributed by atoms with van der Waals surface area (Å²) in [6.45, 7) is 9.47. The van der Waals surface area contributed by atoms with Gasteiger partial charge < -0.3 is 29.7 Å². The minimum absolute atomic E-state index is 0. The van der Waals surface area contributed by atoms with Crippen molar-refractivity contribution in [1.82, 2.24) is 0 Å². The van der Waals surface area contributed by atoms with Crippen molar-refractivity contribution in [3.05, 3.63) is 0 Å². The average Bonchev–Trinajstić information content (AvgIpc) is 2.18. The van der Waals surface area contributed by atoms with Crippen LogP contribution in [0.2, 0.25) is 0 Å².